The van der Waals surface area contributed by atoms with Gasteiger partial charge in [0.2, 0.25) is 0 Å². The van der Waals surface area contributed by atoms with Gasteiger partial charge in [-0.3, -0.25) is 0 Å². The van der Waals surface area contributed by atoms with E-state index in [4.69, 9.17) is 0 Å². The van der Waals surface area contributed by atoms with Crippen LogP contribution in [0, 0.1) is 6.92 Å². The first kappa shape index (κ1) is 10.1. The molecule has 0 aliphatic heterocycles. The lowest BCUT2D eigenvalue weighted by molar-refractivity contribution is -0.0964. The highest BCUT2D eigenvalue weighted by Gasteiger charge is 2.49. The fourth-order valence-corrected chi connectivity index (χ4v) is 2.57. The Morgan fingerprint density at radius 1 is 1.43 bits per heavy atom. The molecule has 1 aromatic carbocycles. The minimum Gasteiger partial charge on any atom is -0.206 e. The summed E-state index contributed by atoms with van der Waals surface area (Å²) in [6.07, 6.45) is 0.618. The molecular weight excluding hydrogens is 250 g/mol. The molecule has 0 nitrogen and oxygen atoms in total. The molecule has 0 amide bonds. The van der Waals surface area contributed by atoms with E-state index in [0.29, 0.717) is 6.42 Å². The molecule has 14 heavy (non-hydrogen) atoms. The molecule has 0 aromatic heterocycles. The van der Waals surface area contributed by atoms with Crippen LogP contribution in [-0.2, 0) is 0 Å². The highest BCUT2D eigenvalue weighted by Crippen LogP contribution is 2.51. The van der Waals surface area contributed by atoms with Crippen molar-refractivity contribution in [1.82, 2.24) is 0 Å². The average molecular weight is 261 g/mol. The number of rotatable bonds is 1. The second kappa shape index (κ2) is 3.30. The lowest BCUT2D eigenvalue weighted by atomic mass is 9.76. The summed E-state index contributed by atoms with van der Waals surface area (Å²) in [6, 6.07) is 5.58. The van der Waals surface area contributed by atoms with Crippen molar-refractivity contribution >= 4 is 15.9 Å². The second-order valence-electron chi connectivity index (χ2n) is 3.88. The molecule has 1 unspecified atom stereocenters. The van der Waals surface area contributed by atoms with Crippen molar-refractivity contribution in [3.05, 3.63) is 33.8 Å². The fraction of sp³-hybridized carbons (Fsp3) is 0.455. The van der Waals surface area contributed by atoms with E-state index in [1.165, 1.54) is 0 Å². The zero-order chi connectivity index (χ0) is 10.3. The Kier molecular flexibility index (Phi) is 2.38. The Balaban J connectivity index is 2.33. The highest BCUT2D eigenvalue weighted by atomic mass is 79.9. The van der Waals surface area contributed by atoms with Crippen molar-refractivity contribution in [2.75, 3.05) is 0 Å². The van der Waals surface area contributed by atoms with Crippen molar-refractivity contribution in [1.29, 1.82) is 0 Å². The van der Waals surface area contributed by atoms with Gasteiger partial charge in [0.15, 0.2) is 0 Å². The van der Waals surface area contributed by atoms with Gasteiger partial charge in [-0.15, -0.1) is 0 Å². The Morgan fingerprint density at radius 2 is 2.14 bits per heavy atom. The van der Waals surface area contributed by atoms with Crippen molar-refractivity contribution in [2.24, 2.45) is 0 Å². The van der Waals surface area contributed by atoms with E-state index >= 15 is 0 Å². The van der Waals surface area contributed by atoms with Crippen LogP contribution < -0.4 is 0 Å². The normalized spacial score (nSPS) is 24.4. The van der Waals surface area contributed by atoms with Crippen LogP contribution in [0.25, 0.3) is 0 Å². The molecule has 1 fully saturated rings. The summed E-state index contributed by atoms with van der Waals surface area (Å²) in [6.45, 7) is 1.95. The first-order valence-corrected chi connectivity index (χ1v) is 5.44. The predicted molar refractivity (Wildman–Crippen MR) is 55.8 cm³/mol. The second-order valence-corrected chi connectivity index (χ2v) is 4.73. The molecule has 1 aliphatic carbocycles. The molecule has 0 radical (unpaired) electrons. The summed E-state index contributed by atoms with van der Waals surface area (Å²) in [5.74, 6) is -3.09. The molecule has 0 spiro atoms. The van der Waals surface area contributed by atoms with Crippen LogP contribution in [0.2, 0.25) is 0 Å². The van der Waals surface area contributed by atoms with Crippen molar-refractivity contribution < 1.29 is 8.78 Å². The lowest BCUT2D eigenvalue weighted by Gasteiger charge is -2.37. The Morgan fingerprint density at radius 3 is 2.57 bits per heavy atom. The van der Waals surface area contributed by atoms with Crippen LogP contribution in [0.3, 0.4) is 0 Å². The number of benzene rings is 1. The molecule has 0 saturated heterocycles. The van der Waals surface area contributed by atoms with Gasteiger partial charge in [0.25, 0.3) is 5.92 Å². The van der Waals surface area contributed by atoms with E-state index in [2.05, 4.69) is 15.9 Å². The quantitative estimate of drug-likeness (QED) is 0.708. The maximum absolute atomic E-state index is 13.1. The van der Waals surface area contributed by atoms with Gasteiger partial charge in [0, 0.05) is 16.8 Å². The van der Waals surface area contributed by atoms with Gasteiger partial charge in [-0.25, -0.2) is 8.78 Å². The molecular formula is C11H11BrF2. The maximum Gasteiger partial charge on any atom is 0.254 e. The first-order chi connectivity index (χ1) is 6.50. The number of hydrogen-bond acceptors (Lipinski definition) is 0. The summed E-state index contributed by atoms with van der Waals surface area (Å²) in [4.78, 5) is 0. The van der Waals surface area contributed by atoms with Crippen LogP contribution in [0.1, 0.15) is 29.9 Å². The van der Waals surface area contributed by atoms with Crippen LogP contribution >= 0.6 is 15.9 Å². The summed E-state index contributed by atoms with van der Waals surface area (Å²) < 4.78 is 27.1. The van der Waals surface area contributed by atoms with E-state index in [-0.39, 0.29) is 6.42 Å². The number of alkyl halides is 2. The summed E-state index contributed by atoms with van der Waals surface area (Å²) >= 11 is 3.34. The molecule has 0 heterocycles. The Hall–Kier alpha value is -0.440. The third kappa shape index (κ3) is 1.58. The topological polar surface area (TPSA) is 0 Å². The zero-order valence-corrected chi connectivity index (χ0v) is 9.44. The monoisotopic (exact) mass is 260 g/mol. The predicted octanol–water partition coefficient (Wildman–Crippen LogP) is 4.27. The number of halogens is 3. The van der Waals surface area contributed by atoms with Crippen molar-refractivity contribution in [3.63, 3.8) is 0 Å². The van der Waals surface area contributed by atoms with Crippen molar-refractivity contribution in [2.45, 2.75) is 31.6 Å². The molecule has 3 heteroatoms. The third-order valence-corrected chi connectivity index (χ3v) is 3.49. The van der Waals surface area contributed by atoms with Crippen molar-refractivity contribution in [3.8, 4) is 0 Å². The van der Waals surface area contributed by atoms with E-state index in [1.807, 2.05) is 19.1 Å². The standard InChI is InChI=1S/C11H11BrF2/c1-7-2-3-8(10(12)6-7)9-4-5-11(9,13)14/h2-3,6,9H,4-5H2,1H3. The average Bonchev–Trinajstić information content (AvgIpc) is 2.08. The summed E-state index contributed by atoms with van der Waals surface area (Å²) in [5.41, 5.74) is 1.83. The lowest BCUT2D eigenvalue weighted by Crippen LogP contribution is -2.36. The molecule has 1 aromatic rings. The van der Waals surface area contributed by atoms with Crippen LogP contribution in [0.15, 0.2) is 22.7 Å². The van der Waals surface area contributed by atoms with Gasteiger partial charge in [-0.1, -0.05) is 28.1 Å². The van der Waals surface area contributed by atoms with E-state index < -0.39 is 11.8 Å². The molecule has 0 N–H and O–H groups in total. The SMILES string of the molecule is Cc1ccc(C2CCC2(F)F)c(Br)c1. The molecule has 2 rings (SSSR count). The van der Waals surface area contributed by atoms with Gasteiger partial charge in [-0.2, -0.15) is 0 Å². The Labute approximate surface area is 90.4 Å². The van der Waals surface area contributed by atoms with Crippen LogP contribution in [-0.4, -0.2) is 5.92 Å². The van der Waals surface area contributed by atoms with E-state index in [1.54, 1.807) is 6.07 Å². The zero-order valence-electron chi connectivity index (χ0n) is 7.86. The minimum absolute atomic E-state index is 0.0258. The fourth-order valence-electron chi connectivity index (χ4n) is 1.80. The molecule has 0 bridgehead atoms. The minimum atomic E-state index is -2.50. The molecule has 1 atom stereocenters. The van der Waals surface area contributed by atoms with Gasteiger partial charge < -0.3 is 0 Å². The van der Waals surface area contributed by atoms with Gasteiger partial charge in [0.1, 0.15) is 0 Å². The number of aryl methyl sites for hydroxylation is 1. The molecule has 1 aliphatic rings. The summed E-state index contributed by atoms with van der Waals surface area (Å²) in [5, 5.41) is 0. The molecule has 76 valence electrons. The largest absolute Gasteiger partial charge is 0.254 e. The smallest absolute Gasteiger partial charge is 0.206 e. The van der Waals surface area contributed by atoms with Crippen LogP contribution in [0.5, 0.6) is 0 Å². The van der Waals surface area contributed by atoms with Gasteiger partial charge in [0.05, 0.1) is 0 Å². The first-order valence-electron chi connectivity index (χ1n) is 4.64. The third-order valence-electron chi connectivity index (χ3n) is 2.81. The van der Waals surface area contributed by atoms with Gasteiger partial charge >= 0.3 is 0 Å². The van der Waals surface area contributed by atoms with E-state index in [9.17, 15) is 8.78 Å². The molecule has 1 saturated carbocycles. The number of hydrogen-bond donors (Lipinski definition) is 0. The summed E-state index contributed by atoms with van der Waals surface area (Å²) in [7, 11) is 0. The van der Waals surface area contributed by atoms with Crippen LogP contribution in [0.4, 0.5) is 8.78 Å². The van der Waals surface area contributed by atoms with Gasteiger partial charge in [-0.05, 0) is 30.5 Å². The highest BCUT2D eigenvalue weighted by molar-refractivity contribution is 9.10. The maximum atomic E-state index is 13.1. The Bertz CT molecular complexity index is 360. The van der Waals surface area contributed by atoms with E-state index in [0.717, 1.165) is 15.6 Å².